The molecule has 1 aliphatic heterocycles. The van der Waals surface area contributed by atoms with Crippen LogP contribution in [-0.2, 0) is 9.59 Å². The van der Waals surface area contributed by atoms with Crippen molar-refractivity contribution in [3.8, 4) is 0 Å². The number of amides is 2. The number of pyridine rings is 1. The summed E-state index contributed by atoms with van der Waals surface area (Å²) in [6, 6.07) is 3.25. The van der Waals surface area contributed by atoms with Crippen LogP contribution in [-0.4, -0.2) is 16.8 Å². The molecule has 1 aromatic heterocycles. The average Bonchev–Trinajstić information content (AvgIpc) is 2.41. The molecular formula is C10H7BrN2O2. The summed E-state index contributed by atoms with van der Waals surface area (Å²) in [4.78, 5) is 28.2. The molecule has 0 saturated heterocycles. The van der Waals surface area contributed by atoms with Gasteiger partial charge in [0.05, 0.1) is 5.69 Å². The summed E-state index contributed by atoms with van der Waals surface area (Å²) in [5.41, 5.74) is 0.980. The molecule has 15 heavy (non-hydrogen) atoms. The molecule has 0 bridgehead atoms. The molecule has 76 valence electrons. The Morgan fingerprint density at radius 2 is 2.13 bits per heavy atom. The highest BCUT2D eigenvalue weighted by molar-refractivity contribution is 9.10. The molecule has 0 atom stereocenters. The number of anilines is 1. The predicted octanol–water partition coefficient (Wildman–Crippen LogP) is 1.66. The normalized spacial score (nSPS) is 15.9. The maximum Gasteiger partial charge on any atom is 0.261 e. The van der Waals surface area contributed by atoms with Gasteiger partial charge >= 0.3 is 0 Å². The summed E-state index contributed by atoms with van der Waals surface area (Å²) in [5, 5.41) is 0. The average molecular weight is 267 g/mol. The van der Waals surface area contributed by atoms with E-state index >= 15 is 0 Å². The maximum absolute atomic E-state index is 11.6. The van der Waals surface area contributed by atoms with E-state index in [2.05, 4.69) is 20.9 Å². The van der Waals surface area contributed by atoms with Gasteiger partial charge in [-0.25, -0.2) is 9.88 Å². The van der Waals surface area contributed by atoms with Crippen molar-refractivity contribution in [2.24, 2.45) is 0 Å². The fourth-order valence-corrected chi connectivity index (χ4v) is 1.72. The highest BCUT2D eigenvalue weighted by Crippen LogP contribution is 2.23. The Labute approximate surface area is 94.7 Å². The van der Waals surface area contributed by atoms with Crippen LogP contribution in [0.25, 0.3) is 0 Å². The Morgan fingerprint density at radius 3 is 2.67 bits per heavy atom. The first-order valence-electron chi connectivity index (χ1n) is 4.28. The first-order valence-corrected chi connectivity index (χ1v) is 5.07. The summed E-state index contributed by atoms with van der Waals surface area (Å²) >= 11 is 3.19. The van der Waals surface area contributed by atoms with Crippen LogP contribution in [0.2, 0.25) is 0 Å². The number of carbonyl (C=O) groups is 2. The van der Waals surface area contributed by atoms with Gasteiger partial charge in [-0.1, -0.05) is 0 Å². The van der Waals surface area contributed by atoms with Gasteiger partial charge in [0.25, 0.3) is 11.8 Å². The Balaban J connectivity index is 2.42. The lowest BCUT2D eigenvalue weighted by molar-refractivity contribution is -0.120. The minimum absolute atomic E-state index is 0.280. The molecule has 0 fully saturated rings. The molecule has 2 rings (SSSR count). The number of imide groups is 1. The zero-order valence-corrected chi connectivity index (χ0v) is 9.48. The van der Waals surface area contributed by atoms with Gasteiger partial charge < -0.3 is 0 Å². The summed E-state index contributed by atoms with van der Waals surface area (Å²) in [5.74, 6) is -0.589. The first-order chi connectivity index (χ1) is 7.09. The lowest BCUT2D eigenvalue weighted by atomic mass is 10.3. The minimum atomic E-state index is -0.310. The van der Waals surface area contributed by atoms with Crippen LogP contribution in [0, 0.1) is 0 Å². The van der Waals surface area contributed by atoms with Crippen molar-refractivity contribution in [3.05, 3.63) is 34.6 Å². The van der Waals surface area contributed by atoms with E-state index in [0.29, 0.717) is 15.9 Å². The molecule has 0 spiro atoms. The number of carbonyl (C=O) groups excluding carboxylic acids is 2. The Bertz CT molecular complexity index is 482. The molecule has 2 amide bonds. The SMILES string of the molecule is CC1=CC(=O)N(c2ccnc(Br)c2)C1=O. The number of halogens is 1. The van der Waals surface area contributed by atoms with E-state index in [-0.39, 0.29) is 11.8 Å². The third-order valence-corrected chi connectivity index (χ3v) is 2.50. The Hall–Kier alpha value is -1.49. The molecule has 1 aliphatic rings. The molecule has 0 radical (unpaired) electrons. The van der Waals surface area contributed by atoms with Gasteiger partial charge in [0.1, 0.15) is 4.60 Å². The predicted molar refractivity (Wildman–Crippen MR) is 58.2 cm³/mol. The van der Waals surface area contributed by atoms with Crippen LogP contribution in [0.3, 0.4) is 0 Å². The second kappa shape index (κ2) is 3.58. The molecule has 0 saturated carbocycles. The fraction of sp³-hybridized carbons (Fsp3) is 0.100. The van der Waals surface area contributed by atoms with Crippen molar-refractivity contribution >= 4 is 33.4 Å². The summed E-state index contributed by atoms with van der Waals surface area (Å²) in [6.07, 6.45) is 2.87. The number of rotatable bonds is 1. The largest absolute Gasteiger partial charge is 0.269 e. The second-order valence-corrected chi connectivity index (χ2v) is 3.96. The lowest BCUT2D eigenvalue weighted by Crippen LogP contribution is -2.30. The summed E-state index contributed by atoms with van der Waals surface area (Å²) in [6.45, 7) is 1.62. The molecular weight excluding hydrogens is 260 g/mol. The smallest absolute Gasteiger partial charge is 0.261 e. The van der Waals surface area contributed by atoms with Crippen LogP contribution in [0.15, 0.2) is 34.6 Å². The topological polar surface area (TPSA) is 50.3 Å². The van der Waals surface area contributed by atoms with Gasteiger partial charge in [-0.05, 0) is 35.0 Å². The van der Waals surface area contributed by atoms with E-state index in [1.807, 2.05) is 0 Å². The molecule has 0 unspecified atom stereocenters. The van der Waals surface area contributed by atoms with Gasteiger partial charge in [0.2, 0.25) is 0 Å². The van der Waals surface area contributed by atoms with Crippen molar-refractivity contribution in [3.63, 3.8) is 0 Å². The van der Waals surface area contributed by atoms with Crippen molar-refractivity contribution < 1.29 is 9.59 Å². The van der Waals surface area contributed by atoms with Crippen LogP contribution >= 0.6 is 15.9 Å². The van der Waals surface area contributed by atoms with E-state index in [0.717, 1.165) is 4.90 Å². The number of hydrogen-bond donors (Lipinski definition) is 0. The third-order valence-electron chi connectivity index (χ3n) is 2.07. The monoisotopic (exact) mass is 266 g/mol. The van der Waals surface area contributed by atoms with Crippen molar-refractivity contribution in [2.75, 3.05) is 4.90 Å². The van der Waals surface area contributed by atoms with Gasteiger partial charge in [-0.3, -0.25) is 9.59 Å². The van der Waals surface area contributed by atoms with Crippen molar-refractivity contribution in [1.82, 2.24) is 4.98 Å². The van der Waals surface area contributed by atoms with Crippen molar-refractivity contribution in [1.29, 1.82) is 0 Å². The fourth-order valence-electron chi connectivity index (χ4n) is 1.36. The van der Waals surface area contributed by atoms with Crippen LogP contribution in [0.1, 0.15) is 6.92 Å². The zero-order valence-electron chi connectivity index (χ0n) is 7.90. The minimum Gasteiger partial charge on any atom is -0.269 e. The van der Waals surface area contributed by atoms with E-state index in [9.17, 15) is 9.59 Å². The molecule has 0 aromatic carbocycles. The standard InChI is InChI=1S/C10H7BrN2O2/c1-6-4-9(14)13(10(6)15)7-2-3-12-8(11)5-7/h2-5H,1H3. The third kappa shape index (κ3) is 1.70. The lowest BCUT2D eigenvalue weighted by Gasteiger charge is -2.13. The molecule has 0 aliphatic carbocycles. The number of aromatic nitrogens is 1. The Morgan fingerprint density at radius 1 is 1.40 bits per heavy atom. The molecule has 0 N–H and O–H groups in total. The van der Waals surface area contributed by atoms with E-state index in [4.69, 9.17) is 0 Å². The quantitative estimate of drug-likeness (QED) is 0.574. The summed E-state index contributed by atoms with van der Waals surface area (Å²) < 4.78 is 0.588. The number of nitrogens with zero attached hydrogens (tertiary/aromatic N) is 2. The number of hydrogen-bond acceptors (Lipinski definition) is 3. The highest BCUT2D eigenvalue weighted by Gasteiger charge is 2.29. The molecule has 2 heterocycles. The summed E-state index contributed by atoms with van der Waals surface area (Å²) in [7, 11) is 0. The first kappa shape index (κ1) is 10.0. The molecule has 5 heteroatoms. The van der Waals surface area contributed by atoms with E-state index in [1.54, 1.807) is 19.1 Å². The van der Waals surface area contributed by atoms with Crippen molar-refractivity contribution in [2.45, 2.75) is 6.92 Å². The second-order valence-electron chi connectivity index (χ2n) is 3.14. The van der Waals surface area contributed by atoms with E-state index < -0.39 is 0 Å². The van der Waals surface area contributed by atoms with Gasteiger partial charge in [-0.15, -0.1) is 0 Å². The molecule has 1 aromatic rings. The van der Waals surface area contributed by atoms with Gasteiger partial charge in [-0.2, -0.15) is 0 Å². The zero-order chi connectivity index (χ0) is 11.0. The molecule has 4 nitrogen and oxygen atoms in total. The van der Waals surface area contributed by atoms with Crippen LogP contribution in [0.4, 0.5) is 5.69 Å². The van der Waals surface area contributed by atoms with E-state index in [1.165, 1.54) is 12.3 Å². The van der Waals surface area contributed by atoms with Crippen LogP contribution < -0.4 is 4.90 Å². The van der Waals surface area contributed by atoms with Crippen LogP contribution in [0.5, 0.6) is 0 Å². The van der Waals surface area contributed by atoms with Gasteiger partial charge in [0, 0.05) is 17.8 Å². The Kier molecular flexibility index (Phi) is 2.40. The highest BCUT2D eigenvalue weighted by atomic mass is 79.9. The maximum atomic E-state index is 11.6. The van der Waals surface area contributed by atoms with Gasteiger partial charge in [0.15, 0.2) is 0 Å².